The topological polar surface area (TPSA) is 41.1 Å². The van der Waals surface area contributed by atoms with Crippen molar-refractivity contribution >= 4 is 29.5 Å². The second-order valence-corrected chi connectivity index (χ2v) is 6.37. The van der Waals surface area contributed by atoms with Gasteiger partial charge in [0, 0.05) is 16.2 Å². The fraction of sp³-hybridized carbons (Fsp3) is 0.500. The minimum atomic E-state index is -0.224. The van der Waals surface area contributed by atoms with Gasteiger partial charge in [-0.15, -0.1) is 0 Å². The molecular weight excluding hydrogens is 280 g/mol. The van der Waals surface area contributed by atoms with Gasteiger partial charge in [-0.3, -0.25) is 9.52 Å². The quantitative estimate of drug-likeness (QED) is 0.840. The van der Waals surface area contributed by atoms with E-state index in [1.165, 1.54) is 11.9 Å². The zero-order valence-electron chi connectivity index (χ0n) is 11.0. The standard InChI is InChI=1S/C14H19ClN2OS/c1-14(6-8-16-9-7-14)13(18)17-19-10-11-2-4-12(15)5-3-11/h2-5,16H,6-10H2,1H3,(H,17,18). The molecular formula is C14H19ClN2OS. The number of carbonyl (C=O) groups is 1. The molecule has 3 nitrogen and oxygen atoms in total. The highest BCUT2D eigenvalue weighted by molar-refractivity contribution is 7.97. The first-order valence-corrected chi connectivity index (χ1v) is 7.84. The number of hydrogen-bond donors (Lipinski definition) is 2. The van der Waals surface area contributed by atoms with Gasteiger partial charge in [-0.05, 0) is 55.6 Å². The molecule has 1 aromatic rings. The molecule has 2 rings (SSSR count). The smallest absolute Gasteiger partial charge is 0.235 e. The van der Waals surface area contributed by atoms with Crippen LogP contribution in [0, 0.1) is 5.41 Å². The van der Waals surface area contributed by atoms with Gasteiger partial charge < -0.3 is 5.32 Å². The predicted octanol–water partition coefficient (Wildman–Crippen LogP) is 2.99. The zero-order chi connectivity index (χ0) is 13.7. The highest BCUT2D eigenvalue weighted by Crippen LogP contribution is 2.29. The third-order valence-corrected chi connectivity index (χ3v) is 4.63. The Morgan fingerprint density at radius 1 is 1.37 bits per heavy atom. The summed E-state index contributed by atoms with van der Waals surface area (Å²) in [5, 5.41) is 4.02. The lowest BCUT2D eigenvalue weighted by Gasteiger charge is -2.32. The third kappa shape index (κ3) is 4.13. The van der Waals surface area contributed by atoms with Gasteiger partial charge in [0.25, 0.3) is 0 Å². The molecule has 0 saturated carbocycles. The van der Waals surface area contributed by atoms with Crippen LogP contribution in [0.2, 0.25) is 5.02 Å². The Morgan fingerprint density at radius 3 is 2.63 bits per heavy atom. The van der Waals surface area contributed by atoms with Crippen LogP contribution in [0.1, 0.15) is 25.3 Å². The molecule has 0 aromatic heterocycles. The fourth-order valence-corrected chi connectivity index (χ4v) is 3.03. The SMILES string of the molecule is CC1(C(=O)NSCc2ccc(Cl)cc2)CCNCC1. The summed E-state index contributed by atoms with van der Waals surface area (Å²) in [6, 6.07) is 7.70. The maximum absolute atomic E-state index is 12.2. The van der Waals surface area contributed by atoms with Crippen molar-refractivity contribution in [3.8, 4) is 0 Å². The van der Waals surface area contributed by atoms with E-state index in [9.17, 15) is 4.79 Å². The van der Waals surface area contributed by atoms with Gasteiger partial charge in [0.2, 0.25) is 5.91 Å². The summed E-state index contributed by atoms with van der Waals surface area (Å²) in [7, 11) is 0. The second-order valence-electron chi connectivity index (χ2n) is 5.16. The molecule has 2 N–H and O–H groups in total. The summed E-state index contributed by atoms with van der Waals surface area (Å²) >= 11 is 7.28. The summed E-state index contributed by atoms with van der Waals surface area (Å²) in [6.45, 7) is 3.89. The van der Waals surface area contributed by atoms with Crippen molar-refractivity contribution in [1.82, 2.24) is 10.0 Å². The third-order valence-electron chi connectivity index (χ3n) is 3.57. The summed E-state index contributed by atoms with van der Waals surface area (Å²) in [5.41, 5.74) is 0.934. The Labute approximate surface area is 123 Å². The highest BCUT2D eigenvalue weighted by atomic mass is 35.5. The largest absolute Gasteiger partial charge is 0.317 e. The summed E-state index contributed by atoms with van der Waals surface area (Å²) < 4.78 is 2.97. The van der Waals surface area contributed by atoms with Gasteiger partial charge in [0.05, 0.1) is 0 Å². The molecule has 1 aliphatic heterocycles. The van der Waals surface area contributed by atoms with E-state index in [1.807, 2.05) is 31.2 Å². The zero-order valence-corrected chi connectivity index (χ0v) is 12.6. The molecule has 0 unspecified atom stereocenters. The van der Waals surface area contributed by atoms with Crippen LogP contribution in [0.4, 0.5) is 0 Å². The van der Waals surface area contributed by atoms with E-state index in [2.05, 4.69) is 10.0 Å². The molecule has 1 saturated heterocycles. The number of benzene rings is 1. The first-order valence-electron chi connectivity index (χ1n) is 6.48. The molecule has 0 atom stereocenters. The Kier molecular flexibility index (Phi) is 5.13. The molecule has 1 amide bonds. The molecule has 1 aliphatic rings. The van der Waals surface area contributed by atoms with Gasteiger partial charge >= 0.3 is 0 Å². The number of nitrogens with one attached hydrogen (secondary N) is 2. The van der Waals surface area contributed by atoms with Gasteiger partial charge in [0.15, 0.2) is 0 Å². The lowest BCUT2D eigenvalue weighted by atomic mass is 9.80. The Bertz CT molecular complexity index is 430. The Hall–Kier alpha value is -0.710. The van der Waals surface area contributed by atoms with Crippen molar-refractivity contribution in [2.24, 2.45) is 5.41 Å². The lowest BCUT2D eigenvalue weighted by Crippen LogP contribution is -2.44. The first-order chi connectivity index (χ1) is 9.10. The molecule has 0 bridgehead atoms. The van der Waals surface area contributed by atoms with E-state index >= 15 is 0 Å². The fourth-order valence-electron chi connectivity index (χ4n) is 2.09. The molecule has 19 heavy (non-hydrogen) atoms. The minimum absolute atomic E-state index is 0.146. The number of hydrogen-bond acceptors (Lipinski definition) is 3. The van der Waals surface area contributed by atoms with Crippen molar-refractivity contribution in [3.05, 3.63) is 34.9 Å². The van der Waals surface area contributed by atoms with Crippen molar-refractivity contribution in [3.63, 3.8) is 0 Å². The number of amides is 1. The lowest BCUT2D eigenvalue weighted by molar-refractivity contribution is -0.129. The summed E-state index contributed by atoms with van der Waals surface area (Å²) in [6.07, 6.45) is 1.81. The van der Waals surface area contributed by atoms with E-state index in [0.29, 0.717) is 0 Å². The predicted molar refractivity (Wildman–Crippen MR) is 81.1 cm³/mol. The molecule has 5 heteroatoms. The van der Waals surface area contributed by atoms with Crippen LogP contribution in [-0.2, 0) is 10.5 Å². The van der Waals surface area contributed by atoms with E-state index in [4.69, 9.17) is 11.6 Å². The van der Waals surface area contributed by atoms with Crippen molar-refractivity contribution in [2.75, 3.05) is 13.1 Å². The van der Waals surface area contributed by atoms with Crippen molar-refractivity contribution in [1.29, 1.82) is 0 Å². The molecule has 1 heterocycles. The van der Waals surface area contributed by atoms with Crippen LogP contribution < -0.4 is 10.0 Å². The van der Waals surface area contributed by atoms with E-state index in [1.54, 1.807) is 0 Å². The summed E-state index contributed by atoms with van der Waals surface area (Å²) in [4.78, 5) is 12.2. The maximum atomic E-state index is 12.2. The normalized spacial score (nSPS) is 18.0. The molecule has 104 valence electrons. The van der Waals surface area contributed by atoms with Crippen LogP contribution in [0.15, 0.2) is 24.3 Å². The van der Waals surface area contributed by atoms with E-state index in [0.717, 1.165) is 42.3 Å². The summed E-state index contributed by atoms with van der Waals surface area (Å²) in [5.74, 6) is 0.907. The minimum Gasteiger partial charge on any atom is -0.317 e. The second kappa shape index (κ2) is 6.64. The molecule has 1 fully saturated rings. The molecule has 0 aliphatic carbocycles. The molecule has 1 aromatic carbocycles. The molecule has 0 spiro atoms. The number of carbonyl (C=O) groups excluding carboxylic acids is 1. The van der Waals surface area contributed by atoms with Crippen LogP contribution >= 0.6 is 23.5 Å². The maximum Gasteiger partial charge on any atom is 0.235 e. The number of piperidine rings is 1. The average Bonchev–Trinajstić information content (AvgIpc) is 2.42. The first kappa shape index (κ1) is 14.7. The van der Waals surface area contributed by atoms with Gasteiger partial charge in [-0.25, -0.2) is 0 Å². The van der Waals surface area contributed by atoms with Crippen LogP contribution in [0.3, 0.4) is 0 Å². The monoisotopic (exact) mass is 298 g/mol. The average molecular weight is 299 g/mol. The van der Waals surface area contributed by atoms with E-state index < -0.39 is 0 Å². The van der Waals surface area contributed by atoms with Crippen molar-refractivity contribution < 1.29 is 4.79 Å². The van der Waals surface area contributed by atoms with Crippen molar-refractivity contribution in [2.45, 2.75) is 25.5 Å². The Balaban J connectivity index is 1.78. The van der Waals surface area contributed by atoms with Gasteiger partial charge in [0.1, 0.15) is 0 Å². The van der Waals surface area contributed by atoms with Crippen LogP contribution in [0.25, 0.3) is 0 Å². The number of rotatable bonds is 4. The number of halogens is 1. The highest BCUT2D eigenvalue weighted by Gasteiger charge is 2.34. The van der Waals surface area contributed by atoms with Gasteiger partial charge in [-0.2, -0.15) is 0 Å². The van der Waals surface area contributed by atoms with E-state index in [-0.39, 0.29) is 11.3 Å². The van der Waals surface area contributed by atoms with Crippen LogP contribution in [-0.4, -0.2) is 19.0 Å². The van der Waals surface area contributed by atoms with Gasteiger partial charge in [-0.1, -0.05) is 30.7 Å². The Morgan fingerprint density at radius 2 is 2.00 bits per heavy atom. The van der Waals surface area contributed by atoms with Crippen LogP contribution in [0.5, 0.6) is 0 Å². The molecule has 0 radical (unpaired) electrons.